The first-order valence-corrected chi connectivity index (χ1v) is 9.28. The van der Waals surface area contributed by atoms with Gasteiger partial charge < -0.3 is 9.64 Å². The second kappa shape index (κ2) is 8.37. The fourth-order valence-corrected chi connectivity index (χ4v) is 3.55. The van der Waals surface area contributed by atoms with Gasteiger partial charge >= 0.3 is 0 Å². The number of aryl methyl sites for hydroxylation is 2. The zero-order chi connectivity index (χ0) is 18.5. The van der Waals surface area contributed by atoms with Crippen molar-refractivity contribution >= 4 is 5.91 Å². The summed E-state index contributed by atoms with van der Waals surface area (Å²) in [6.45, 7) is 8.52. The highest BCUT2D eigenvalue weighted by molar-refractivity contribution is 5.95. The van der Waals surface area contributed by atoms with Crippen LogP contribution in [0.2, 0.25) is 0 Å². The number of hydrogen-bond donors (Lipinski definition) is 0. The zero-order valence-corrected chi connectivity index (χ0v) is 16.0. The van der Waals surface area contributed by atoms with Crippen molar-refractivity contribution in [2.45, 2.75) is 26.8 Å². The van der Waals surface area contributed by atoms with Crippen molar-refractivity contribution in [3.8, 4) is 5.75 Å². The smallest absolute Gasteiger partial charge is 0.254 e. The van der Waals surface area contributed by atoms with Crippen LogP contribution < -0.4 is 4.74 Å². The first kappa shape index (κ1) is 18.5. The number of rotatable bonds is 4. The van der Waals surface area contributed by atoms with Gasteiger partial charge in [0.1, 0.15) is 5.75 Å². The number of methoxy groups -OCH3 is 1. The molecule has 0 spiro atoms. The molecule has 2 aromatic carbocycles. The molecule has 0 N–H and O–H groups in total. The highest BCUT2D eigenvalue weighted by atomic mass is 16.5. The lowest BCUT2D eigenvalue weighted by Crippen LogP contribution is -2.35. The van der Waals surface area contributed by atoms with Gasteiger partial charge in [0.05, 0.1) is 7.11 Å². The third-order valence-corrected chi connectivity index (χ3v) is 5.05. The molecule has 1 aliphatic rings. The molecular formula is C22H28N2O2. The lowest BCUT2D eigenvalue weighted by Gasteiger charge is -2.23. The van der Waals surface area contributed by atoms with Crippen LogP contribution in [0.4, 0.5) is 0 Å². The van der Waals surface area contributed by atoms with Gasteiger partial charge in [-0.2, -0.15) is 0 Å². The van der Waals surface area contributed by atoms with Crippen molar-refractivity contribution in [1.29, 1.82) is 0 Å². The summed E-state index contributed by atoms with van der Waals surface area (Å²) in [6, 6.07) is 14.3. The highest BCUT2D eigenvalue weighted by Gasteiger charge is 2.21. The monoisotopic (exact) mass is 352 g/mol. The zero-order valence-electron chi connectivity index (χ0n) is 16.0. The summed E-state index contributed by atoms with van der Waals surface area (Å²) in [6.07, 6.45) is 1.01. The molecule has 0 radical (unpaired) electrons. The Morgan fingerprint density at radius 3 is 2.46 bits per heavy atom. The maximum Gasteiger partial charge on any atom is 0.254 e. The Morgan fingerprint density at radius 1 is 1.00 bits per heavy atom. The average Bonchev–Trinajstić information content (AvgIpc) is 2.87. The van der Waals surface area contributed by atoms with Gasteiger partial charge in [0, 0.05) is 38.3 Å². The van der Waals surface area contributed by atoms with Crippen molar-refractivity contribution in [2.75, 3.05) is 33.3 Å². The molecule has 0 aromatic heterocycles. The molecule has 0 atom stereocenters. The Labute approximate surface area is 156 Å². The van der Waals surface area contributed by atoms with E-state index >= 15 is 0 Å². The van der Waals surface area contributed by atoms with E-state index in [2.05, 4.69) is 30.0 Å². The lowest BCUT2D eigenvalue weighted by molar-refractivity contribution is 0.0760. The Kier molecular flexibility index (Phi) is 5.94. The van der Waals surface area contributed by atoms with E-state index in [0.717, 1.165) is 56.0 Å². The molecule has 4 heteroatoms. The molecule has 26 heavy (non-hydrogen) atoms. The number of carbonyl (C=O) groups is 1. The van der Waals surface area contributed by atoms with E-state index in [4.69, 9.17) is 4.74 Å². The topological polar surface area (TPSA) is 32.8 Å². The molecule has 2 aromatic rings. The molecule has 0 unspecified atom stereocenters. The minimum absolute atomic E-state index is 0.161. The van der Waals surface area contributed by atoms with Gasteiger partial charge in [-0.25, -0.2) is 0 Å². The number of carbonyl (C=O) groups excluding carboxylic acids is 1. The van der Waals surface area contributed by atoms with Crippen LogP contribution in [0.15, 0.2) is 42.5 Å². The quantitative estimate of drug-likeness (QED) is 0.842. The van der Waals surface area contributed by atoms with Crippen molar-refractivity contribution in [3.05, 3.63) is 64.7 Å². The van der Waals surface area contributed by atoms with Crippen LogP contribution in [0.3, 0.4) is 0 Å². The maximum absolute atomic E-state index is 12.9. The number of amides is 1. The van der Waals surface area contributed by atoms with Crippen molar-refractivity contribution in [2.24, 2.45) is 0 Å². The molecule has 1 saturated heterocycles. The maximum atomic E-state index is 12.9. The normalized spacial score (nSPS) is 15.6. The summed E-state index contributed by atoms with van der Waals surface area (Å²) >= 11 is 0. The summed E-state index contributed by atoms with van der Waals surface area (Å²) in [5.74, 6) is 1.05. The van der Waals surface area contributed by atoms with Crippen LogP contribution in [0.5, 0.6) is 5.75 Å². The van der Waals surface area contributed by atoms with E-state index in [1.807, 2.05) is 36.1 Å². The van der Waals surface area contributed by atoms with Crippen molar-refractivity contribution in [3.63, 3.8) is 0 Å². The van der Waals surface area contributed by atoms with Crippen LogP contribution in [0, 0.1) is 13.8 Å². The number of ether oxygens (including phenoxy) is 1. The second-order valence-corrected chi connectivity index (χ2v) is 7.09. The van der Waals surface area contributed by atoms with Gasteiger partial charge in [-0.3, -0.25) is 9.69 Å². The van der Waals surface area contributed by atoms with E-state index in [0.29, 0.717) is 0 Å². The van der Waals surface area contributed by atoms with Crippen molar-refractivity contribution in [1.82, 2.24) is 9.80 Å². The third-order valence-electron chi connectivity index (χ3n) is 5.05. The molecule has 4 nitrogen and oxygen atoms in total. The molecule has 1 amide bonds. The van der Waals surface area contributed by atoms with Gasteiger partial charge in [0.2, 0.25) is 0 Å². The molecular weight excluding hydrogens is 324 g/mol. The summed E-state index contributed by atoms with van der Waals surface area (Å²) < 4.78 is 5.22. The minimum Gasteiger partial charge on any atom is -0.497 e. The largest absolute Gasteiger partial charge is 0.497 e. The minimum atomic E-state index is 0.161. The molecule has 1 fully saturated rings. The summed E-state index contributed by atoms with van der Waals surface area (Å²) in [5, 5.41) is 0. The first-order chi connectivity index (χ1) is 12.6. The average molecular weight is 352 g/mol. The van der Waals surface area contributed by atoms with E-state index in [1.165, 1.54) is 11.1 Å². The highest BCUT2D eigenvalue weighted by Crippen LogP contribution is 2.17. The first-order valence-electron chi connectivity index (χ1n) is 9.28. The van der Waals surface area contributed by atoms with E-state index in [9.17, 15) is 4.79 Å². The Bertz CT molecular complexity index is 755. The SMILES string of the molecule is COc1ccc(CN2CCCN(C(=O)c3ccc(C)cc3C)CC2)cc1. The standard InChI is InChI=1S/C22H28N2O2/c1-17-5-10-21(18(2)15-17)22(25)24-12-4-11-23(13-14-24)16-19-6-8-20(26-3)9-7-19/h5-10,15H,4,11-14,16H2,1-3H3. The van der Waals surface area contributed by atoms with Crippen LogP contribution in [-0.2, 0) is 6.54 Å². The number of hydrogen-bond acceptors (Lipinski definition) is 3. The number of nitrogens with zero attached hydrogens (tertiary/aromatic N) is 2. The molecule has 3 rings (SSSR count). The molecule has 0 bridgehead atoms. The Hall–Kier alpha value is -2.33. The van der Waals surface area contributed by atoms with Gasteiger partial charge in [0.15, 0.2) is 0 Å². The van der Waals surface area contributed by atoms with Crippen LogP contribution >= 0.6 is 0 Å². The number of benzene rings is 2. The van der Waals surface area contributed by atoms with Gasteiger partial charge in [-0.15, -0.1) is 0 Å². The predicted octanol–water partition coefficient (Wildman–Crippen LogP) is 3.66. The van der Waals surface area contributed by atoms with E-state index < -0.39 is 0 Å². The van der Waals surface area contributed by atoms with Gasteiger partial charge in [-0.05, 0) is 49.6 Å². The summed E-state index contributed by atoms with van der Waals surface area (Å²) in [5.41, 5.74) is 4.37. The van der Waals surface area contributed by atoms with Gasteiger partial charge in [-0.1, -0.05) is 29.8 Å². The molecule has 1 aliphatic heterocycles. The molecule has 1 heterocycles. The fraction of sp³-hybridized carbons (Fsp3) is 0.409. The summed E-state index contributed by atoms with van der Waals surface area (Å²) in [4.78, 5) is 17.3. The predicted molar refractivity (Wildman–Crippen MR) is 105 cm³/mol. The molecule has 0 saturated carbocycles. The van der Waals surface area contributed by atoms with Crippen LogP contribution in [0.1, 0.15) is 33.5 Å². The second-order valence-electron chi connectivity index (χ2n) is 7.09. The lowest BCUT2D eigenvalue weighted by atomic mass is 10.0. The van der Waals surface area contributed by atoms with E-state index in [1.54, 1.807) is 7.11 Å². The van der Waals surface area contributed by atoms with Crippen molar-refractivity contribution < 1.29 is 9.53 Å². The van der Waals surface area contributed by atoms with E-state index in [-0.39, 0.29) is 5.91 Å². The fourth-order valence-electron chi connectivity index (χ4n) is 3.55. The third kappa shape index (κ3) is 4.44. The van der Waals surface area contributed by atoms with Gasteiger partial charge in [0.25, 0.3) is 5.91 Å². The Morgan fingerprint density at radius 2 is 1.77 bits per heavy atom. The molecule has 138 valence electrons. The molecule has 0 aliphatic carbocycles. The Balaban J connectivity index is 1.61. The summed E-state index contributed by atoms with van der Waals surface area (Å²) in [7, 11) is 1.69. The van der Waals surface area contributed by atoms with Crippen LogP contribution in [0.25, 0.3) is 0 Å². The van der Waals surface area contributed by atoms with Crippen LogP contribution in [-0.4, -0.2) is 49.0 Å².